The summed E-state index contributed by atoms with van der Waals surface area (Å²) in [5, 5.41) is 8.53. The van der Waals surface area contributed by atoms with Crippen molar-refractivity contribution in [3.8, 4) is 11.3 Å². The van der Waals surface area contributed by atoms with Crippen LogP contribution in [0.15, 0.2) is 47.8 Å². The lowest BCUT2D eigenvalue weighted by atomic mass is 10.0. The van der Waals surface area contributed by atoms with Gasteiger partial charge in [0.05, 0.1) is 5.69 Å². The van der Waals surface area contributed by atoms with E-state index in [2.05, 4.69) is 47.7 Å². The Bertz CT molecular complexity index is 891. The van der Waals surface area contributed by atoms with Crippen LogP contribution in [0.1, 0.15) is 11.1 Å². The lowest BCUT2D eigenvalue weighted by molar-refractivity contribution is 0.262. The molecule has 2 aromatic carbocycles. The van der Waals surface area contributed by atoms with E-state index in [4.69, 9.17) is 11.6 Å². The summed E-state index contributed by atoms with van der Waals surface area (Å²) in [7, 11) is 0. The van der Waals surface area contributed by atoms with Crippen molar-refractivity contribution in [1.29, 1.82) is 0 Å². The standard InChI is InChI=1S/C18H16ClN3OS/c1-11-6-7-15(12(2)8-11)16-10-24-18(21-16)22-17(23)20-14-5-3-4-13(19)9-14/h3-10H,1-2H3,(H2,20,21,22,23). The minimum Gasteiger partial charge on any atom is -0.308 e. The molecule has 0 aliphatic carbocycles. The van der Waals surface area contributed by atoms with Crippen LogP contribution < -0.4 is 10.6 Å². The van der Waals surface area contributed by atoms with Crippen molar-refractivity contribution in [3.05, 3.63) is 64.0 Å². The van der Waals surface area contributed by atoms with Crippen LogP contribution in [-0.2, 0) is 0 Å². The van der Waals surface area contributed by atoms with E-state index in [0.717, 1.165) is 16.8 Å². The second kappa shape index (κ2) is 7.03. The van der Waals surface area contributed by atoms with Gasteiger partial charge in [-0.15, -0.1) is 11.3 Å². The van der Waals surface area contributed by atoms with E-state index < -0.39 is 0 Å². The molecule has 0 spiro atoms. The summed E-state index contributed by atoms with van der Waals surface area (Å²) in [4.78, 5) is 16.5. The number of hydrogen-bond donors (Lipinski definition) is 2. The zero-order valence-electron chi connectivity index (χ0n) is 13.3. The minimum absolute atomic E-state index is 0.348. The molecule has 122 valence electrons. The molecule has 0 radical (unpaired) electrons. The molecule has 0 saturated carbocycles. The van der Waals surface area contributed by atoms with E-state index in [0.29, 0.717) is 15.8 Å². The number of aryl methyl sites for hydroxylation is 2. The maximum absolute atomic E-state index is 12.1. The van der Waals surface area contributed by atoms with Crippen LogP contribution in [0.25, 0.3) is 11.3 Å². The number of thiazole rings is 1. The maximum Gasteiger partial charge on any atom is 0.325 e. The number of amides is 2. The van der Waals surface area contributed by atoms with Gasteiger partial charge in [0.15, 0.2) is 5.13 Å². The Morgan fingerprint density at radius 3 is 2.71 bits per heavy atom. The normalized spacial score (nSPS) is 10.5. The van der Waals surface area contributed by atoms with E-state index in [1.165, 1.54) is 16.9 Å². The highest BCUT2D eigenvalue weighted by Crippen LogP contribution is 2.28. The number of halogens is 1. The Morgan fingerprint density at radius 1 is 1.12 bits per heavy atom. The van der Waals surface area contributed by atoms with E-state index >= 15 is 0 Å². The molecule has 0 bridgehead atoms. The Labute approximate surface area is 149 Å². The summed E-state index contributed by atoms with van der Waals surface area (Å²) in [6.45, 7) is 4.12. The average Bonchev–Trinajstić information content (AvgIpc) is 2.95. The van der Waals surface area contributed by atoms with Gasteiger partial charge in [-0.3, -0.25) is 5.32 Å². The monoisotopic (exact) mass is 357 g/mol. The van der Waals surface area contributed by atoms with Crippen molar-refractivity contribution >= 4 is 39.8 Å². The van der Waals surface area contributed by atoms with Gasteiger partial charge in [-0.2, -0.15) is 0 Å². The lowest BCUT2D eigenvalue weighted by Gasteiger charge is -2.06. The smallest absolute Gasteiger partial charge is 0.308 e. The molecule has 0 aliphatic heterocycles. The quantitative estimate of drug-likeness (QED) is 0.629. The van der Waals surface area contributed by atoms with E-state index in [-0.39, 0.29) is 6.03 Å². The number of urea groups is 1. The van der Waals surface area contributed by atoms with Crippen molar-refractivity contribution in [2.24, 2.45) is 0 Å². The molecule has 2 N–H and O–H groups in total. The van der Waals surface area contributed by atoms with Crippen LogP contribution in [0.2, 0.25) is 5.02 Å². The van der Waals surface area contributed by atoms with Crippen molar-refractivity contribution in [3.63, 3.8) is 0 Å². The second-order valence-corrected chi connectivity index (χ2v) is 6.74. The van der Waals surface area contributed by atoms with Gasteiger partial charge in [0.1, 0.15) is 0 Å². The zero-order chi connectivity index (χ0) is 17.1. The number of carbonyl (C=O) groups is 1. The van der Waals surface area contributed by atoms with Gasteiger partial charge < -0.3 is 5.32 Å². The molecule has 24 heavy (non-hydrogen) atoms. The van der Waals surface area contributed by atoms with Gasteiger partial charge in [-0.1, -0.05) is 41.4 Å². The third kappa shape index (κ3) is 3.93. The first kappa shape index (κ1) is 16.5. The molecule has 0 saturated heterocycles. The van der Waals surface area contributed by atoms with Crippen LogP contribution in [0.4, 0.5) is 15.6 Å². The minimum atomic E-state index is -0.348. The fourth-order valence-electron chi connectivity index (χ4n) is 2.38. The molecule has 1 heterocycles. The SMILES string of the molecule is Cc1ccc(-c2csc(NC(=O)Nc3cccc(Cl)c3)n2)c(C)c1. The fourth-order valence-corrected chi connectivity index (χ4v) is 3.28. The first-order chi connectivity index (χ1) is 11.5. The highest BCUT2D eigenvalue weighted by atomic mass is 35.5. The highest BCUT2D eigenvalue weighted by Gasteiger charge is 2.10. The maximum atomic E-state index is 12.1. The molecule has 0 fully saturated rings. The number of aromatic nitrogens is 1. The number of carbonyl (C=O) groups excluding carboxylic acids is 1. The summed E-state index contributed by atoms with van der Waals surface area (Å²) >= 11 is 7.29. The van der Waals surface area contributed by atoms with Gasteiger partial charge in [0, 0.05) is 21.7 Å². The van der Waals surface area contributed by atoms with Gasteiger partial charge in [-0.05, 0) is 37.6 Å². The molecule has 1 aromatic heterocycles. The molecular weight excluding hydrogens is 342 g/mol. The van der Waals surface area contributed by atoms with Gasteiger partial charge in [-0.25, -0.2) is 9.78 Å². The number of nitrogens with one attached hydrogen (secondary N) is 2. The molecule has 6 heteroatoms. The largest absolute Gasteiger partial charge is 0.325 e. The molecule has 2 amide bonds. The predicted molar refractivity (Wildman–Crippen MR) is 101 cm³/mol. The predicted octanol–water partition coefficient (Wildman–Crippen LogP) is 5.72. The van der Waals surface area contributed by atoms with Gasteiger partial charge >= 0.3 is 6.03 Å². The zero-order valence-corrected chi connectivity index (χ0v) is 14.8. The number of hydrogen-bond acceptors (Lipinski definition) is 3. The average molecular weight is 358 g/mol. The third-order valence-electron chi connectivity index (χ3n) is 3.46. The van der Waals surface area contributed by atoms with Crippen molar-refractivity contribution < 1.29 is 4.79 Å². The van der Waals surface area contributed by atoms with Crippen LogP contribution in [-0.4, -0.2) is 11.0 Å². The molecule has 0 aliphatic rings. The number of anilines is 2. The Morgan fingerprint density at radius 2 is 1.96 bits per heavy atom. The molecule has 3 aromatic rings. The Hall–Kier alpha value is -2.37. The lowest BCUT2D eigenvalue weighted by Crippen LogP contribution is -2.19. The summed E-state index contributed by atoms with van der Waals surface area (Å²) in [6, 6.07) is 12.9. The van der Waals surface area contributed by atoms with Crippen LogP contribution >= 0.6 is 22.9 Å². The Kier molecular flexibility index (Phi) is 4.83. The first-order valence-electron chi connectivity index (χ1n) is 7.38. The molecule has 0 unspecified atom stereocenters. The number of benzene rings is 2. The van der Waals surface area contributed by atoms with Gasteiger partial charge in [0.2, 0.25) is 0 Å². The molecule has 3 rings (SSSR count). The second-order valence-electron chi connectivity index (χ2n) is 5.45. The Balaban J connectivity index is 1.70. The van der Waals surface area contributed by atoms with E-state index in [9.17, 15) is 4.79 Å². The summed E-state index contributed by atoms with van der Waals surface area (Å²) in [5.74, 6) is 0. The number of rotatable bonds is 3. The number of nitrogens with zero attached hydrogens (tertiary/aromatic N) is 1. The summed E-state index contributed by atoms with van der Waals surface area (Å²) < 4.78 is 0. The highest BCUT2D eigenvalue weighted by molar-refractivity contribution is 7.14. The summed E-state index contributed by atoms with van der Waals surface area (Å²) in [6.07, 6.45) is 0. The van der Waals surface area contributed by atoms with Crippen molar-refractivity contribution in [2.75, 3.05) is 10.6 Å². The summed E-state index contributed by atoms with van der Waals surface area (Å²) in [5.41, 5.74) is 4.93. The van der Waals surface area contributed by atoms with Crippen LogP contribution in [0, 0.1) is 13.8 Å². The van der Waals surface area contributed by atoms with E-state index in [1.807, 2.05) is 5.38 Å². The van der Waals surface area contributed by atoms with Crippen molar-refractivity contribution in [2.45, 2.75) is 13.8 Å². The molecule has 0 atom stereocenters. The fraction of sp³-hybridized carbons (Fsp3) is 0.111. The van der Waals surface area contributed by atoms with E-state index in [1.54, 1.807) is 24.3 Å². The van der Waals surface area contributed by atoms with Gasteiger partial charge in [0.25, 0.3) is 0 Å². The molecule has 4 nitrogen and oxygen atoms in total. The van der Waals surface area contributed by atoms with Crippen LogP contribution in [0.5, 0.6) is 0 Å². The third-order valence-corrected chi connectivity index (χ3v) is 4.46. The molecular formula is C18H16ClN3OS. The van der Waals surface area contributed by atoms with Crippen LogP contribution in [0.3, 0.4) is 0 Å². The topological polar surface area (TPSA) is 54.0 Å². The van der Waals surface area contributed by atoms with Crippen molar-refractivity contribution in [1.82, 2.24) is 4.98 Å². The first-order valence-corrected chi connectivity index (χ1v) is 8.64.